The first-order valence-electron chi connectivity index (χ1n) is 4.75. The highest BCUT2D eigenvalue weighted by molar-refractivity contribution is 8.05. The van der Waals surface area contributed by atoms with Crippen LogP contribution in [0.15, 0.2) is 29.2 Å². The van der Waals surface area contributed by atoms with Gasteiger partial charge in [-0.15, -0.1) is 4.13 Å². The van der Waals surface area contributed by atoms with E-state index in [1.54, 1.807) is 0 Å². The van der Waals surface area contributed by atoms with Gasteiger partial charge in [-0.2, -0.15) is 0 Å². The summed E-state index contributed by atoms with van der Waals surface area (Å²) in [6.45, 7) is 0. The van der Waals surface area contributed by atoms with E-state index in [4.69, 9.17) is 11.6 Å². The fraction of sp³-hybridized carbons (Fsp3) is 0.222. The van der Waals surface area contributed by atoms with Crippen LogP contribution < -0.4 is 4.13 Å². The van der Waals surface area contributed by atoms with Gasteiger partial charge in [0.15, 0.2) is 5.75 Å². The van der Waals surface area contributed by atoms with Crippen molar-refractivity contribution in [3.05, 3.63) is 29.3 Å². The van der Waals surface area contributed by atoms with Gasteiger partial charge in [0.05, 0.1) is 12.0 Å². The number of benzene rings is 1. The van der Waals surface area contributed by atoms with Crippen LogP contribution in [0.1, 0.15) is 0 Å². The Morgan fingerprint density at radius 3 is 2.21 bits per heavy atom. The van der Waals surface area contributed by atoms with Gasteiger partial charge in [-0.1, -0.05) is 11.6 Å². The van der Waals surface area contributed by atoms with Crippen molar-refractivity contribution in [2.24, 2.45) is 0 Å². The van der Waals surface area contributed by atoms with Crippen molar-refractivity contribution >= 4 is 37.6 Å². The minimum absolute atomic E-state index is 0.287. The van der Waals surface area contributed by atoms with Gasteiger partial charge in [-0.25, -0.2) is 16.8 Å². The predicted molar refractivity (Wildman–Crippen MR) is 67.6 cm³/mol. The van der Waals surface area contributed by atoms with Crippen molar-refractivity contribution in [2.45, 2.75) is 4.90 Å². The molecule has 0 saturated heterocycles. The highest BCUT2D eigenvalue weighted by Crippen LogP contribution is 2.14. The molecule has 106 valence electrons. The van der Waals surface area contributed by atoms with Gasteiger partial charge in [0, 0.05) is 5.02 Å². The lowest BCUT2D eigenvalue weighted by atomic mass is 10.4. The molecule has 0 radical (unpaired) electrons. The first-order chi connectivity index (χ1) is 8.66. The number of sulfonamides is 2. The standard InChI is InChI=1S/C9H10ClNO6S2/c1-17-9(12)6-18(13,14)11-19(15,16)8-4-2-7(10)3-5-8/h2-5,11H,6H2,1H3. The maximum Gasteiger partial charge on any atom is 0.322 e. The van der Waals surface area contributed by atoms with Gasteiger partial charge in [0.25, 0.3) is 10.0 Å². The second kappa shape index (κ2) is 5.87. The number of hydrogen-bond donors (Lipinski definition) is 1. The molecule has 1 N–H and O–H groups in total. The predicted octanol–water partition coefficient (Wildman–Crippen LogP) is 0.121. The molecule has 0 aromatic heterocycles. The van der Waals surface area contributed by atoms with Crippen LogP contribution in [0.25, 0.3) is 0 Å². The van der Waals surface area contributed by atoms with Crippen molar-refractivity contribution in [1.82, 2.24) is 4.13 Å². The fourth-order valence-electron chi connectivity index (χ4n) is 1.07. The Morgan fingerprint density at radius 1 is 1.21 bits per heavy atom. The number of rotatable bonds is 5. The van der Waals surface area contributed by atoms with E-state index >= 15 is 0 Å². The summed E-state index contributed by atoms with van der Waals surface area (Å²) >= 11 is 5.59. The molecule has 19 heavy (non-hydrogen) atoms. The molecule has 10 heteroatoms. The minimum atomic E-state index is -4.35. The zero-order chi connectivity index (χ0) is 14.7. The van der Waals surface area contributed by atoms with Gasteiger partial charge in [0.1, 0.15) is 0 Å². The van der Waals surface area contributed by atoms with Crippen molar-refractivity contribution < 1.29 is 26.4 Å². The van der Waals surface area contributed by atoms with Gasteiger partial charge < -0.3 is 4.74 Å². The zero-order valence-corrected chi connectivity index (χ0v) is 12.0. The zero-order valence-electron chi connectivity index (χ0n) is 9.66. The van der Waals surface area contributed by atoms with Crippen LogP contribution in [-0.2, 0) is 29.6 Å². The molecule has 0 amide bonds. The third kappa shape index (κ3) is 4.78. The Labute approximate surface area is 115 Å². The van der Waals surface area contributed by atoms with Crippen LogP contribution in [0.2, 0.25) is 5.02 Å². The summed E-state index contributed by atoms with van der Waals surface area (Å²) in [5.74, 6) is -2.16. The average Bonchev–Trinajstić information content (AvgIpc) is 2.27. The van der Waals surface area contributed by atoms with Crippen molar-refractivity contribution in [3.63, 3.8) is 0 Å². The van der Waals surface area contributed by atoms with Gasteiger partial charge in [0.2, 0.25) is 10.0 Å². The lowest BCUT2D eigenvalue weighted by molar-refractivity contribution is -0.137. The largest absolute Gasteiger partial charge is 0.468 e. The number of carbonyl (C=O) groups is 1. The molecule has 7 nitrogen and oxygen atoms in total. The van der Waals surface area contributed by atoms with E-state index in [0.717, 1.165) is 19.2 Å². The van der Waals surface area contributed by atoms with Crippen molar-refractivity contribution in [1.29, 1.82) is 0 Å². The number of nitrogens with one attached hydrogen (secondary N) is 1. The summed E-state index contributed by atoms with van der Waals surface area (Å²) in [4.78, 5) is 10.6. The van der Waals surface area contributed by atoms with Crippen LogP contribution in [0.4, 0.5) is 0 Å². The Kier molecular flexibility index (Phi) is 4.91. The number of esters is 1. The Morgan fingerprint density at radius 2 is 1.74 bits per heavy atom. The second-order valence-electron chi connectivity index (χ2n) is 3.38. The van der Waals surface area contributed by atoms with Gasteiger partial charge in [-0.3, -0.25) is 4.79 Å². The van der Waals surface area contributed by atoms with Crippen LogP contribution in [0.5, 0.6) is 0 Å². The smallest absolute Gasteiger partial charge is 0.322 e. The maximum atomic E-state index is 11.7. The molecule has 1 aromatic carbocycles. The van der Waals surface area contributed by atoms with E-state index in [1.807, 2.05) is 0 Å². The first-order valence-corrected chi connectivity index (χ1v) is 8.26. The monoisotopic (exact) mass is 327 g/mol. The fourth-order valence-corrected chi connectivity index (χ4v) is 4.08. The summed E-state index contributed by atoms with van der Waals surface area (Å²) in [5.41, 5.74) is 0. The third-order valence-electron chi connectivity index (χ3n) is 1.90. The molecule has 0 saturated carbocycles. The molecule has 0 unspecified atom stereocenters. The number of methoxy groups -OCH3 is 1. The highest BCUT2D eigenvalue weighted by atomic mass is 35.5. The molecule has 0 fully saturated rings. The molecular weight excluding hydrogens is 318 g/mol. The molecule has 1 rings (SSSR count). The molecular formula is C9H10ClNO6S2. The van der Waals surface area contributed by atoms with Crippen LogP contribution in [-0.4, -0.2) is 35.7 Å². The molecule has 0 spiro atoms. The van der Waals surface area contributed by atoms with Crippen molar-refractivity contribution in [2.75, 3.05) is 12.9 Å². The average molecular weight is 328 g/mol. The summed E-state index contributed by atoms with van der Waals surface area (Å²) in [5, 5.41) is 0.302. The number of hydrogen-bond acceptors (Lipinski definition) is 6. The second-order valence-corrected chi connectivity index (χ2v) is 7.48. The highest BCUT2D eigenvalue weighted by Gasteiger charge is 2.25. The number of halogens is 1. The SMILES string of the molecule is COC(=O)CS(=O)(=O)NS(=O)(=O)c1ccc(Cl)cc1. The van der Waals surface area contributed by atoms with E-state index in [9.17, 15) is 21.6 Å². The molecule has 0 aliphatic carbocycles. The Balaban J connectivity index is 2.97. The van der Waals surface area contributed by atoms with E-state index < -0.39 is 31.8 Å². The number of carbonyl (C=O) groups excluding carboxylic acids is 1. The normalized spacial score (nSPS) is 12.1. The van der Waals surface area contributed by atoms with Crippen LogP contribution in [0.3, 0.4) is 0 Å². The van der Waals surface area contributed by atoms with E-state index in [0.29, 0.717) is 5.02 Å². The quantitative estimate of drug-likeness (QED) is 0.770. The summed E-state index contributed by atoms with van der Waals surface area (Å²) < 4.78 is 51.9. The summed E-state index contributed by atoms with van der Waals surface area (Å²) in [6, 6.07) is 4.86. The van der Waals surface area contributed by atoms with E-state index in [2.05, 4.69) is 4.74 Å². The van der Waals surface area contributed by atoms with Gasteiger partial charge >= 0.3 is 5.97 Å². The minimum Gasteiger partial charge on any atom is -0.468 e. The van der Waals surface area contributed by atoms with E-state index in [1.165, 1.54) is 16.3 Å². The number of ether oxygens (including phenoxy) is 1. The maximum absolute atomic E-state index is 11.7. The lowest BCUT2D eigenvalue weighted by Crippen LogP contribution is -2.35. The van der Waals surface area contributed by atoms with Crippen LogP contribution in [0, 0.1) is 0 Å². The van der Waals surface area contributed by atoms with Gasteiger partial charge in [-0.05, 0) is 24.3 Å². The summed E-state index contributed by atoms with van der Waals surface area (Å²) in [6.07, 6.45) is 0. The topological polar surface area (TPSA) is 107 Å². The van der Waals surface area contributed by atoms with E-state index in [-0.39, 0.29) is 4.90 Å². The Hall–Kier alpha value is -1.16. The molecule has 0 aliphatic heterocycles. The Bertz CT molecular complexity index is 665. The molecule has 0 heterocycles. The third-order valence-corrected chi connectivity index (χ3v) is 5.55. The summed E-state index contributed by atoms with van der Waals surface area (Å²) in [7, 11) is -7.66. The lowest BCUT2D eigenvalue weighted by Gasteiger charge is -2.07. The van der Waals surface area contributed by atoms with Crippen LogP contribution >= 0.6 is 11.6 Å². The molecule has 0 atom stereocenters. The first kappa shape index (κ1) is 15.9. The molecule has 0 bridgehead atoms. The molecule has 1 aromatic rings. The van der Waals surface area contributed by atoms with Crippen molar-refractivity contribution in [3.8, 4) is 0 Å². The molecule has 0 aliphatic rings.